The Kier molecular flexibility index (Phi) is 4.05. The van der Waals surface area contributed by atoms with Crippen LogP contribution in [0.1, 0.15) is 26.3 Å². The fourth-order valence-electron chi connectivity index (χ4n) is 2.82. The van der Waals surface area contributed by atoms with Crippen molar-refractivity contribution >= 4 is 11.8 Å². The molecule has 5 heteroatoms. The summed E-state index contributed by atoms with van der Waals surface area (Å²) in [5.41, 5.74) is 0.869. The maximum atomic E-state index is 10.6. The zero-order chi connectivity index (χ0) is 15.2. The third-order valence-corrected chi connectivity index (χ3v) is 5.03. The molecule has 0 aromatic heterocycles. The monoisotopic (exact) mass is 310 g/mol. The van der Waals surface area contributed by atoms with E-state index in [1.807, 2.05) is 32.9 Å². The highest BCUT2D eigenvalue weighted by Crippen LogP contribution is 2.41. The summed E-state index contributed by atoms with van der Waals surface area (Å²) in [6, 6.07) is 8.20. The lowest BCUT2D eigenvalue weighted by Gasteiger charge is -2.38. The second kappa shape index (κ2) is 5.56. The van der Waals surface area contributed by atoms with Crippen LogP contribution in [0, 0.1) is 6.92 Å². The number of rotatable bonds is 2. The van der Waals surface area contributed by atoms with Crippen molar-refractivity contribution in [3.05, 3.63) is 29.8 Å². The molecule has 1 aromatic rings. The van der Waals surface area contributed by atoms with Crippen LogP contribution in [-0.4, -0.2) is 40.7 Å². The van der Waals surface area contributed by atoms with Gasteiger partial charge in [-0.05, 0) is 39.8 Å². The van der Waals surface area contributed by atoms with E-state index in [9.17, 15) is 5.11 Å². The van der Waals surface area contributed by atoms with E-state index >= 15 is 0 Å². The van der Waals surface area contributed by atoms with Crippen molar-refractivity contribution in [3.8, 4) is 0 Å². The summed E-state index contributed by atoms with van der Waals surface area (Å²) in [7, 11) is 0. The smallest absolute Gasteiger partial charge is 0.164 e. The largest absolute Gasteiger partial charge is 0.387 e. The predicted molar refractivity (Wildman–Crippen MR) is 81.2 cm³/mol. The molecule has 21 heavy (non-hydrogen) atoms. The summed E-state index contributed by atoms with van der Waals surface area (Å²) in [5, 5.41) is 10.6. The van der Waals surface area contributed by atoms with E-state index in [0.29, 0.717) is 0 Å². The lowest BCUT2D eigenvalue weighted by molar-refractivity contribution is -0.153. The van der Waals surface area contributed by atoms with Gasteiger partial charge in [-0.3, -0.25) is 0 Å². The van der Waals surface area contributed by atoms with Crippen molar-refractivity contribution in [2.75, 3.05) is 0 Å². The highest BCUT2D eigenvalue weighted by atomic mass is 32.2. The minimum atomic E-state index is -0.709. The first-order chi connectivity index (χ1) is 9.85. The topological polar surface area (TPSA) is 47.9 Å². The Bertz CT molecular complexity index is 502. The number of aliphatic hydroxyl groups excluding tert-OH is 1. The molecular formula is C16H22O4S. The molecule has 4 nitrogen and oxygen atoms in total. The Labute approximate surface area is 129 Å². The van der Waals surface area contributed by atoms with Crippen LogP contribution in [-0.2, 0) is 14.2 Å². The Hall–Kier alpha value is -0.590. The van der Waals surface area contributed by atoms with E-state index in [4.69, 9.17) is 14.2 Å². The minimum Gasteiger partial charge on any atom is -0.387 e. The zero-order valence-corrected chi connectivity index (χ0v) is 13.6. The average Bonchev–Trinajstić information content (AvgIpc) is 2.75. The average molecular weight is 310 g/mol. The molecule has 0 unspecified atom stereocenters. The van der Waals surface area contributed by atoms with Crippen LogP contribution in [0.15, 0.2) is 29.2 Å². The van der Waals surface area contributed by atoms with Gasteiger partial charge in [0.15, 0.2) is 5.79 Å². The van der Waals surface area contributed by atoms with Crippen molar-refractivity contribution in [1.29, 1.82) is 0 Å². The number of fused-ring (bicyclic) bond motifs is 1. The van der Waals surface area contributed by atoms with Gasteiger partial charge in [-0.1, -0.05) is 29.5 Å². The summed E-state index contributed by atoms with van der Waals surface area (Å²) in [4.78, 5) is 1.08. The second-order valence-corrected chi connectivity index (χ2v) is 7.37. The number of benzene rings is 1. The summed E-state index contributed by atoms with van der Waals surface area (Å²) in [6.45, 7) is 7.76. The van der Waals surface area contributed by atoms with Gasteiger partial charge in [0.05, 0.1) is 6.10 Å². The van der Waals surface area contributed by atoms with Crippen molar-refractivity contribution in [2.24, 2.45) is 0 Å². The molecule has 0 bridgehead atoms. The van der Waals surface area contributed by atoms with Gasteiger partial charge in [0.2, 0.25) is 0 Å². The third kappa shape index (κ3) is 3.12. The number of thioether (sulfide) groups is 1. The van der Waals surface area contributed by atoms with Gasteiger partial charge in [0, 0.05) is 4.90 Å². The van der Waals surface area contributed by atoms with Gasteiger partial charge in [-0.2, -0.15) is 0 Å². The Morgan fingerprint density at radius 3 is 2.38 bits per heavy atom. The summed E-state index contributed by atoms with van der Waals surface area (Å²) in [5.74, 6) is -0.669. The molecule has 2 saturated heterocycles. The molecule has 2 aliphatic rings. The summed E-state index contributed by atoms with van der Waals surface area (Å²) < 4.78 is 17.6. The van der Waals surface area contributed by atoms with Crippen LogP contribution in [0.25, 0.3) is 0 Å². The third-order valence-electron chi connectivity index (χ3n) is 3.86. The summed E-state index contributed by atoms with van der Waals surface area (Å²) in [6.07, 6.45) is -1.38. The lowest BCUT2D eigenvalue weighted by Crippen LogP contribution is -2.54. The maximum Gasteiger partial charge on any atom is 0.164 e. The van der Waals surface area contributed by atoms with Crippen LogP contribution >= 0.6 is 11.8 Å². The fourth-order valence-corrected chi connectivity index (χ4v) is 3.90. The molecule has 2 heterocycles. The molecule has 116 valence electrons. The summed E-state index contributed by atoms with van der Waals surface area (Å²) >= 11 is 1.53. The first kappa shape index (κ1) is 15.3. The number of hydrogen-bond donors (Lipinski definition) is 1. The molecule has 5 atom stereocenters. The first-order valence-corrected chi connectivity index (χ1v) is 8.16. The molecule has 3 rings (SSSR count). The Balaban J connectivity index is 1.74. The Morgan fingerprint density at radius 1 is 1.10 bits per heavy atom. The molecule has 0 radical (unpaired) electrons. The normalized spacial score (nSPS) is 38.2. The fraction of sp³-hybridized carbons (Fsp3) is 0.625. The molecule has 0 amide bonds. The SMILES string of the molecule is Cc1ccc(S[C@H]2O[C@@H](C)[C@H]3OC(C)(C)O[C@H]3[C@@H]2O)cc1. The van der Waals surface area contributed by atoms with E-state index in [-0.39, 0.29) is 23.7 Å². The maximum absolute atomic E-state index is 10.6. The Morgan fingerprint density at radius 2 is 1.71 bits per heavy atom. The highest BCUT2D eigenvalue weighted by Gasteiger charge is 2.53. The van der Waals surface area contributed by atoms with Gasteiger partial charge in [-0.15, -0.1) is 0 Å². The molecule has 2 fully saturated rings. The van der Waals surface area contributed by atoms with Gasteiger partial charge in [0.25, 0.3) is 0 Å². The molecule has 1 aromatic carbocycles. The number of aliphatic hydroxyl groups is 1. The van der Waals surface area contributed by atoms with E-state index in [0.717, 1.165) is 4.90 Å². The van der Waals surface area contributed by atoms with Crippen LogP contribution in [0.4, 0.5) is 0 Å². The molecule has 0 aliphatic carbocycles. The van der Waals surface area contributed by atoms with Gasteiger partial charge in [-0.25, -0.2) is 0 Å². The van der Waals surface area contributed by atoms with Gasteiger partial charge in [0.1, 0.15) is 23.7 Å². The number of aryl methyl sites for hydroxylation is 1. The van der Waals surface area contributed by atoms with E-state index in [1.54, 1.807) is 0 Å². The van der Waals surface area contributed by atoms with Crippen molar-refractivity contribution < 1.29 is 19.3 Å². The van der Waals surface area contributed by atoms with Crippen LogP contribution in [0.3, 0.4) is 0 Å². The lowest BCUT2D eigenvalue weighted by atomic mass is 10.0. The van der Waals surface area contributed by atoms with E-state index < -0.39 is 11.9 Å². The van der Waals surface area contributed by atoms with E-state index in [1.165, 1.54) is 17.3 Å². The van der Waals surface area contributed by atoms with Crippen molar-refractivity contribution in [1.82, 2.24) is 0 Å². The van der Waals surface area contributed by atoms with Crippen LogP contribution < -0.4 is 0 Å². The van der Waals surface area contributed by atoms with Crippen LogP contribution in [0.2, 0.25) is 0 Å². The molecule has 1 N–H and O–H groups in total. The molecular weight excluding hydrogens is 288 g/mol. The molecule has 0 spiro atoms. The predicted octanol–water partition coefficient (Wildman–Crippen LogP) is 2.71. The van der Waals surface area contributed by atoms with Crippen molar-refractivity contribution in [2.45, 2.75) is 68.2 Å². The van der Waals surface area contributed by atoms with E-state index in [2.05, 4.69) is 19.1 Å². The van der Waals surface area contributed by atoms with Gasteiger partial charge < -0.3 is 19.3 Å². The number of ether oxygens (including phenoxy) is 3. The standard InChI is InChI=1S/C16H22O4S/c1-9-5-7-11(8-6-9)21-15-12(17)14-13(10(2)18-15)19-16(3,4)20-14/h5-8,10,12-15,17H,1-4H3/t10-,12-,13+,14-,15+/m0/s1. The minimum absolute atomic E-state index is 0.108. The first-order valence-electron chi connectivity index (χ1n) is 7.28. The quantitative estimate of drug-likeness (QED) is 0.910. The van der Waals surface area contributed by atoms with Gasteiger partial charge >= 0.3 is 0 Å². The molecule has 2 aliphatic heterocycles. The zero-order valence-electron chi connectivity index (χ0n) is 12.8. The van der Waals surface area contributed by atoms with Crippen LogP contribution in [0.5, 0.6) is 0 Å². The highest BCUT2D eigenvalue weighted by molar-refractivity contribution is 7.99. The van der Waals surface area contributed by atoms with Crippen molar-refractivity contribution in [3.63, 3.8) is 0 Å². The second-order valence-electron chi connectivity index (χ2n) is 6.20. The molecule has 0 saturated carbocycles. The number of hydrogen-bond acceptors (Lipinski definition) is 5.